The van der Waals surface area contributed by atoms with Crippen molar-refractivity contribution >= 4 is 23.2 Å². The molecule has 3 rings (SSSR count). The highest BCUT2D eigenvalue weighted by atomic mass is 32.1. The number of hydrogen-bond donors (Lipinski definition) is 1. The molecule has 26 heavy (non-hydrogen) atoms. The van der Waals surface area contributed by atoms with Gasteiger partial charge in [-0.25, -0.2) is 9.78 Å². The van der Waals surface area contributed by atoms with E-state index in [0.717, 1.165) is 16.1 Å². The van der Waals surface area contributed by atoms with Crippen LogP contribution in [0.1, 0.15) is 23.0 Å². The van der Waals surface area contributed by atoms with Gasteiger partial charge in [0.1, 0.15) is 5.01 Å². The standard InChI is InChI=1S/C20H18N2O3S/c1-14(18(23)21-12-15-8-4-2-5-9-15)25-20(24)17-13-26-19(22-17)16-10-6-3-7-11-16/h2-11,13-14H,12H2,1H3,(H,21,23)/t14-/m0/s1. The molecular weight excluding hydrogens is 348 g/mol. The highest BCUT2D eigenvalue weighted by Crippen LogP contribution is 2.23. The number of thiazole rings is 1. The van der Waals surface area contributed by atoms with E-state index in [1.165, 1.54) is 11.3 Å². The molecule has 0 aliphatic heterocycles. The van der Waals surface area contributed by atoms with Crippen molar-refractivity contribution in [2.24, 2.45) is 0 Å². The minimum atomic E-state index is -0.895. The van der Waals surface area contributed by atoms with Crippen LogP contribution in [0.3, 0.4) is 0 Å². The molecule has 0 aliphatic carbocycles. The van der Waals surface area contributed by atoms with Crippen molar-refractivity contribution in [3.8, 4) is 10.6 Å². The number of ether oxygens (including phenoxy) is 1. The second-order valence-electron chi connectivity index (χ2n) is 5.65. The zero-order valence-electron chi connectivity index (χ0n) is 14.2. The fourth-order valence-electron chi connectivity index (χ4n) is 2.28. The molecule has 0 fully saturated rings. The molecule has 5 nitrogen and oxygen atoms in total. The summed E-state index contributed by atoms with van der Waals surface area (Å²) in [6.07, 6.45) is -0.895. The van der Waals surface area contributed by atoms with Crippen LogP contribution in [0.2, 0.25) is 0 Å². The van der Waals surface area contributed by atoms with Crippen molar-refractivity contribution < 1.29 is 14.3 Å². The molecule has 1 aromatic heterocycles. The second-order valence-corrected chi connectivity index (χ2v) is 6.51. The predicted molar refractivity (Wildman–Crippen MR) is 101 cm³/mol. The lowest BCUT2D eigenvalue weighted by Crippen LogP contribution is -2.35. The first kappa shape index (κ1) is 17.8. The second kappa shape index (κ2) is 8.40. The summed E-state index contributed by atoms with van der Waals surface area (Å²) < 4.78 is 5.23. The van der Waals surface area contributed by atoms with Crippen LogP contribution < -0.4 is 5.32 Å². The van der Waals surface area contributed by atoms with Crippen molar-refractivity contribution in [2.45, 2.75) is 19.6 Å². The Morgan fingerprint density at radius 3 is 2.42 bits per heavy atom. The molecule has 0 unspecified atom stereocenters. The van der Waals surface area contributed by atoms with Crippen molar-refractivity contribution in [3.05, 3.63) is 77.3 Å². The lowest BCUT2D eigenvalue weighted by Gasteiger charge is -2.12. The summed E-state index contributed by atoms with van der Waals surface area (Å²) in [6.45, 7) is 1.93. The van der Waals surface area contributed by atoms with Gasteiger partial charge in [0.2, 0.25) is 0 Å². The highest BCUT2D eigenvalue weighted by Gasteiger charge is 2.20. The van der Waals surface area contributed by atoms with Crippen molar-refractivity contribution in [1.82, 2.24) is 10.3 Å². The summed E-state index contributed by atoms with van der Waals surface area (Å²) in [5, 5.41) is 5.13. The predicted octanol–water partition coefficient (Wildman–Crippen LogP) is 3.67. The molecule has 1 amide bonds. The maximum atomic E-state index is 12.2. The topological polar surface area (TPSA) is 68.3 Å². The summed E-state index contributed by atoms with van der Waals surface area (Å²) in [5.74, 6) is -0.952. The summed E-state index contributed by atoms with van der Waals surface area (Å²) in [7, 11) is 0. The lowest BCUT2D eigenvalue weighted by molar-refractivity contribution is -0.129. The van der Waals surface area contributed by atoms with Crippen LogP contribution in [-0.2, 0) is 16.1 Å². The average molecular weight is 366 g/mol. The SMILES string of the molecule is C[C@H](OC(=O)c1csc(-c2ccccc2)n1)C(=O)NCc1ccccc1. The summed E-state index contributed by atoms with van der Waals surface area (Å²) >= 11 is 1.36. The number of hydrogen-bond acceptors (Lipinski definition) is 5. The molecular formula is C20H18N2O3S. The largest absolute Gasteiger partial charge is 0.448 e. The molecule has 0 spiro atoms. The minimum Gasteiger partial charge on any atom is -0.448 e. The van der Waals surface area contributed by atoms with Gasteiger partial charge in [-0.15, -0.1) is 11.3 Å². The summed E-state index contributed by atoms with van der Waals surface area (Å²) in [5.41, 5.74) is 2.12. The molecule has 0 aliphatic rings. The molecule has 1 N–H and O–H groups in total. The smallest absolute Gasteiger partial charge is 0.358 e. The number of benzene rings is 2. The number of carbonyl (C=O) groups is 2. The van der Waals surface area contributed by atoms with Crippen LogP contribution in [-0.4, -0.2) is 23.0 Å². The van der Waals surface area contributed by atoms with Crippen molar-refractivity contribution in [1.29, 1.82) is 0 Å². The molecule has 6 heteroatoms. The Morgan fingerprint density at radius 1 is 1.08 bits per heavy atom. The summed E-state index contributed by atoms with van der Waals surface area (Å²) in [6, 6.07) is 19.1. The Bertz CT molecular complexity index is 878. The van der Waals surface area contributed by atoms with Gasteiger partial charge in [0, 0.05) is 17.5 Å². The van der Waals surface area contributed by atoms with E-state index < -0.39 is 12.1 Å². The molecule has 3 aromatic rings. The zero-order valence-corrected chi connectivity index (χ0v) is 15.0. The van der Waals surface area contributed by atoms with E-state index in [1.54, 1.807) is 12.3 Å². The molecule has 132 valence electrons. The lowest BCUT2D eigenvalue weighted by atomic mass is 10.2. The maximum Gasteiger partial charge on any atom is 0.358 e. The van der Waals surface area contributed by atoms with E-state index in [4.69, 9.17) is 4.74 Å². The van der Waals surface area contributed by atoms with Gasteiger partial charge in [0.15, 0.2) is 11.8 Å². The number of rotatable bonds is 6. The number of nitrogens with zero attached hydrogens (tertiary/aromatic N) is 1. The van der Waals surface area contributed by atoms with Gasteiger partial charge in [-0.05, 0) is 12.5 Å². The van der Waals surface area contributed by atoms with Gasteiger partial charge in [-0.3, -0.25) is 4.79 Å². The number of aromatic nitrogens is 1. The van der Waals surface area contributed by atoms with Crippen molar-refractivity contribution in [2.75, 3.05) is 0 Å². The number of esters is 1. The molecule has 0 saturated carbocycles. The Kier molecular flexibility index (Phi) is 5.76. The van der Waals surface area contributed by atoms with Crippen LogP contribution in [0.25, 0.3) is 10.6 Å². The molecule has 0 radical (unpaired) electrons. The van der Waals surface area contributed by atoms with Gasteiger partial charge < -0.3 is 10.1 Å². The van der Waals surface area contributed by atoms with Gasteiger partial charge >= 0.3 is 5.97 Å². The Hall–Kier alpha value is -2.99. The Morgan fingerprint density at radius 2 is 1.73 bits per heavy atom. The number of nitrogens with one attached hydrogen (secondary N) is 1. The van der Waals surface area contributed by atoms with E-state index in [0.29, 0.717) is 6.54 Å². The molecule has 1 atom stereocenters. The van der Waals surface area contributed by atoms with E-state index in [9.17, 15) is 9.59 Å². The number of amides is 1. The van der Waals surface area contributed by atoms with Crippen LogP contribution >= 0.6 is 11.3 Å². The van der Waals surface area contributed by atoms with Gasteiger partial charge in [-0.2, -0.15) is 0 Å². The van der Waals surface area contributed by atoms with E-state index in [1.807, 2.05) is 60.7 Å². The third kappa shape index (κ3) is 4.55. The summed E-state index contributed by atoms with van der Waals surface area (Å²) in [4.78, 5) is 28.6. The van der Waals surface area contributed by atoms with Crippen LogP contribution in [0.4, 0.5) is 0 Å². The van der Waals surface area contributed by atoms with Crippen molar-refractivity contribution in [3.63, 3.8) is 0 Å². The van der Waals surface area contributed by atoms with E-state index in [-0.39, 0.29) is 11.6 Å². The van der Waals surface area contributed by atoms with Crippen LogP contribution in [0.15, 0.2) is 66.0 Å². The quantitative estimate of drug-likeness (QED) is 0.676. The van der Waals surface area contributed by atoms with Crippen LogP contribution in [0.5, 0.6) is 0 Å². The van der Waals surface area contributed by atoms with Gasteiger partial charge in [0.05, 0.1) is 0 Å². The first-order chi connectivity index (χ1) is 12.6. The third-order valence-electron chi connectivity index (χ3n) is 3.70. The normalized spacial score (nSPS) is 11.6. The number of carbonyl (C=O) groups excluding carboxylic acids is 2. The van der Waals surface area contributed by atoms with Gasteiger partial charge in [-0.1, -0.05) is 60.7 Å². The Balaban J connectivity index is 1.55. The first-order valence-corrected chi connectivity index (χ1v) is 9.05. The molecule has 1 heterocycles. The van der Waals surface area contributed by atoms with E-state index in [2.05, 4.69) is 10.3 Å². The first-order valence-electron chi connectivity index (χ1n) is 8.17. The maximum absolute atomic E-state index is 12.2. The fourth-order valence-corrected chi connectivity index (χ4v) is 3.08. The molecule has 2 aromatic carbocycles. The monoisotopic (exact) mass is 366 g/mol. The van der Waals surface area contributed by atoms with E-state index >= 15 is 0 Å². The van der Waals surface area contributed by atoms with Gasteiger partial charge in [0.25, 0.3) is 5.91 Å². The van der Waals surface area contributed by atoms with Crippen LogP contribution in [0, 0.1) is 0 Å². The average Bonchev–Trinajstić information content (AvgIpc) is 3.18. The fraction of sp³-hybridized carbons (Fsp3) is 0.150. The molecule has 0 bridgehead atoms. The zero-order chi connectivity index (χ0) is 18.4. The highest BCUT2D eigenvalue weighted by molar-refractivity contribution is 7.13. The minimum absolute atomic E-state index is 0.205. The molecule has 0 saturated heterocycles. The third-order valence-corrected chi connectivity index (χ3v) is 4.59. The Labute approximate surface area is 155 Å².